The quantitative estimate of drug-likeness (QED) is 0.629. The van der Waals surface area contributed by atoms with E-state index in [4.69, 9.17) is 4.74 Å². The van der Waals surface area contributed by atoms with E-state index in [0.29, 0.717) is 0 Å². The molecular formula is C16H27NOS. The molecule has 0 saturated heterocycles. The molecule has 1 aromatic carbocycles. The summed E-state index contributed by atoms with van der Waals surface area (Å²) in [5.74, 6) is 2.00. The fraction of sp³-hybridized carbons (Fsp3) is 0.625. The molecule has 0 aliphatic heterocycles. The van der Waals surface area contributed by atoms with Crippen LogP contribution >= 0.6 is 11.8 Å². The summed E-state index contributed by atoms with van der Waals surface area (Å²) in [4.78, 5) is 0. The molecule has 0 saturated carbocycles. The summed E-state index contributed by atoms with van der Waals surface area (Å²) in [6.07, 6.45) is 5.97. The number of thioether (sulfide) groups is 1. The third-order valence-corrected chi connectivity index (χ3v) is 3.94. The molecule has 1 unspecified atom stereocenters. The number of nitrogens with one attached hydrogen (secondary N) is 1. The monoisotopic (exact) mass is 281 g/mol. The number of hydrogen-bond acceptors (Lipinski definition) is 3. The van der Waals surface area contributed by atoms with Crippen molar-refractivity contribution in [2.75, 3.05) is 38.8 Å². The van der Waals surface area contributed by atoms with Crippen LogP contribution in [0.2, 0.25) is 0 Å². The van der Waals surface area contributed by atoms with Gasteiger partial charge in [0.2, 0.25) is 0 Å². The van der Waals surface area contributed by atoms with Crippen LogP contribution in [0.15, 0.2) is 30.3 Å². The average Bonchev–Trinajstić information content (AvgIpc) is 2.44. The molecular weight excluding hydrogens is 254 g/mol. The summed E-state index contributed by atoms with van der Waals surface area (Å²) in [6.45, 7) is 2.83. The van der Waals surface area contributed by atoms with E-state index in [1.54, 1.807) is 7.11 Å². The second-order valence-corrected chi connectivity index (χ2v) is 5.87. The van der Waals surface area contributed by atoms with Crippen LogP contribution in [-0.2, 0) is 11.2 Å². The van der Waals surface area contributed by atoms with E-state index in [2.05, 4.69) is 41.9 Å². The van der Waals surface area contributed by atoms with Crippen LogP contribution in [0.3, 0.4) is 0 Å². The molecule has 0 heterocycles. The lowest BCUT2D eigenvalue weighted by molar-refractivity contribution is 0.197. The van der Waals surface area contributed by atoms with E-state index < -0.39 is 0 Å². The van der Waals surface area contributed by atoms with Gasteiger partial charge in [-0.05, 0) is 49.3 Å². The van der Waals surface area contributed by atoms with Gasteiger partial charge in [-0.1, -0.05) is 30.3 Å². The van der Waals surface area contributed by atoms with Gasteiger partial charge < -0.3 is 10.1 Å². The molecule has 0 aliphatic rings. The maximum absolute atomic E-state index is 5.07. The molecule has 0 aliphatic carbocycles. The smallest absolute Gasteiger partial charge is 0.0587 e. The summed E-state index contributed by atoms with van der Waals surface area (Å²) < 4.78 is 5.07. The molecule has 0 aromatic heterocycles. The molecule has 2 nitrogen and oxygen atoms in total. The molecule has 0 bridgehead atoms. The zero-order valence-corrected chi connectivity index (χ0v) is 13.0. The van der Waals surface area contributed by atoms with Crippen LogP contribution in [0, 0.1) is 5.92 Å². The first-order valence-electron chi connectivity index (χ1n) is 7.09. The summed E-state index contributed by atoms with van der Waals surface area (Å²) >= 11 is 1.94. The zero-order chi connectivity index (χ0) is 13.8. The Kier molecular flexibility index (Phi) is 9.86. The highest BCUT2D eigenvalue weighted by atomic mass is 32.2. The molecule has 1 atom stereocenters. The van der Waals surface area contributed by atoms with Gasteiger partial charge >= 0.3 is 0 Å². The van der Waals surface area contributed by atoms with Crippen molar-refractivity contribution in [2.24, 2.45) is 5.92 Å². The van der Waals surface area contributed by atoms with Crippen molar-refractivity contribution in [3.63, 3.8) is 0 Å². The lowest BCUT2D eigenvalue weighted by atomic mass is 9.95. The van der Waals surface area contributed by atoms with Crippen molar-refractivity contribution in [2.45, 2.75) is 19.3 Å². The van der Waals surface area contributed by atoms with Gasteiger partial charge in [-0.25, -0.2) is 0 Å². The predicted molar refractivity (Wildman–Crippen MR) is 86.0 cm³/mol. The zero-order valence-electron chi connectivity index (χ0n) is 12.2. The number of benzene rings is 1. The van der Waals surface area contributed by atoms with Crippen LogP contribution in [0.25, 0.3) is 0 Å². The number of ether oxygens (including phenoxy) is 1. The Balaban J connectivity index is 2.35. The molecule has 0 amide bonds. The van der Waals surface area contributed by atoms with Gasteiger partial charge in [0.15, 0.2) is 0 Å². The highest BCUT2D eigenvalue weighted by molar-refractivity contribution is 7.98. The fourth-order valence-corrected chi connectivity index (χ4v) is 2.68. The van der Waals surface area contributed by atoms with Crippen molar-refractivity contribution < 1.29 is 4.74 Å². The Morgan fingerprint density at radius 2 is 2.05 bits per heavy atom. The van der Waals surface area contributed by atoms with Crippen molar-refractivity contribution in [1.82, 2.24) is 5.32 Å². The third-order valence-electron chi connectivity index (χ3n) is 3.24. The van der Waals surface area contributed by atoms with Crippen molar-refractivity contribution >= 4 is 11.8 Å². The second-order valence-electron chi connectivity index (χ2n) is 4.89. The summed E-state index contributed by atoms with van der Waals surface area (Å²) in [5.41, 5.74) is 1.45. The largest absolute Gasteiger partial charge is 0.383 e. The van der Waals surface area contributed by atoms with Crippen LogP contribution in [0.5, 0.6) is 0 Å². The third kappa shape index (κ3) is 8.30. The van der Waals surface area contributed by atoms with Gasteiger partial charge in [0.25, 0.3) is 0 Å². The van der Waals surface area contributed by atoms with Gasteiger partial charge in [0, 0.05) is 13.7 Å². The lowest BCUT2D eigenvalue weighted by Gasteiger charge is -2.17. The molecule has 1 aromatic rings. The van der Waals surface area contributed by atoms with E-state index in [9.17, 15) is 0 Å². The van der Waals surface area contributed by atoms with Crippen LogP contribution < -0.4 is 5.32 Å². The first-order chi connectivity index (χ1) is 9.36. The molecule has 0 fully saturated rings. The van der Waals surface area contributed by atoms with Crippen molar-refractivity contribution in [1.29, 1.82) is 0 Å². The molecule has 0 spiro atoms. The van der Waals surface area contributed by atoms with Crippen LogP contribution in [0.4, 0.5) is 0 Å². The van der Waals surface area contributed by atoms with Crippen LogP contribution in [0.1, 0.15) is 18.4 Å². The SMILES string of the molecule is COCCNCC(CCCSC)Cc1ccccc1. The van der Waals surface area contributed by atoms with Gasteiger partial charge in [0.05, 0.1) is 6.61 Å². The number of hydrogen-bond donors (Lipinski definition) is 1. The minimum atomic E-state index is 0.728. The number of methoxy groups -OCH3 is 1. The standard InChI is InChI=1S/C16H27NOS/c1-18-11-10-17-14-16(9-6-12-19-2)13-15-7-4-3-5-8-15/h3-5,7-8,16-17H,6,9-14H2,1-2H3. The Bertz CT molecular complexity index is 305. The van der Waals surface area contributed by atoms with Crippen molar-refractivity contribution in [3.05, 3.63) is 35.9 Å². The Hall–Kier alpha value is -0.510. The topological polar surface area (TPSA) is 21.3 Å². The Morgan fingerprint density at radius 1 is 1.26 bits per heavy atom. The van der Waals surface area contributed by atoms with Gasteiger partial charge in [-0.3, -0.25) is 0 Å². The average molecular weight is 281 g/mol. The molecule has 0 radical (unpaired) electrons. The molecule has 1 N–H and O–H groups in total. The van der Waals surface area contributed by atoms with Gasteiger partial charge in [-0.2, -0.15) is 11.8 Å². The lowest BCUT2D eigenvalue weighted by Crippen LogP contribution is -2.27. The van der Waals surface area contributed by atoms with E-state index in [0.717, 1.165) is 25.6 Å². The summed E-state index contributed by atoms with van der Waals surface area (Å²) in [5, 5.41) is 3.50. The second kappa shape index (κ2) is 11.3. The highest BCUT2D eigenvalue weighted by Crippen LogP contribution is 2.15. The van der Waals surface area contributed by atoms with E-state index in [1.807, 2.05) is 11.8 Å². The van der Waals surface area contributed by atoms with E-state index in [1.165, 1.54) is 30.6 Å². The first kappa shape index (κ1) is 16.5. The minimum absolute atomic E-state index is 0.728. The Morgan fingerprint density at radius 3 is 2.74 bits per heavy atom. The minimum Gasteiger partial charge on any atom is -0.383 e. The predicted octanol–water partition coefficient (Wildman–Crippen LogP) is 3.22. The Labute approximate surface area is 122 Å². The van der Waals surface area contributed by atoms with Crippen molar-refractivity contribution in [3.8, 4) is 0 Å². The molecule has 19 heavy (non-hydrogen) atoms. The fourth-order valence-electron chi connectivity index (χ4n) is 2.22. The van der Waals surface area contributed by atoms with E-state index in [-0.39, 0.29) is 0 Å². The first-order valence-corrected chi connectivity index (χ1v) is 8.48. The molecule has 1 rings (SSSR count). The normalized spacial score (nSPS) is 12.5. The molecule has 3 heteroatoms. The summed E-state index contributed by atoms with van der Waals surface area (Å²) in [7, 11) is 1.75. The number of rotatable bonds is 11. The summed E-state index contributed by atoms with van der Waals surface area (Å²) in [6, 6.07) is 10.8. The van der Waals surface area contributed by atoms with Crippen LogP contribution in [-0.4, -0.2) is 38.8 Å². The molecule has 108 valence electrons. The maximum atomic E-state index is 5.07. The highest BCUT2D eigenvalue weighted by Gasteiger charge is 2.09. The maximum Gasteiger partial charge on any atom is 0.0587 e. The van der Waals surface area contributed by atoms with Gasteiger partial charge in [-0.15, -0.1) is 0 Å². The van der Waals surface area contributed by atoms with E-state index >= 15 is 0 Å². The van der Waals surface area contributed by atoms with Gasteiger partial charge in [0.1, 0.15) is 0 Å².